The monoisotopic (exact) mass is 332 g/mol. The highest BCUT2D eigenvalue weighted by atomic mass is 16.5. The number of benzene rings is 1. The third-order valence-electron chi connectivity index (χ3n) is 4.61. The Balaban J connectivity index is 1.60. The molecule has 0 aliphatic carbocycles. The quantitative estimate of drug-likeness (QED) is 0.865. The molecule has 3 rings (SSSR count). The number of hydrogen-bond donors (Lipinski definition) is 2. The van der Waals surface area contributed by atoms with E-state index in [1.165, 1.54) is 0 Å². The fraction of sp³-hybridized carbons (Fsp3) is 0.529. The number of carbonyl (C=O) groups is 2. The standard InChI is InChI=1S/C17H24N4O3/c18-16(22)13-3-1-4-14(11-13)19-17(23)21-6-2-5-15(21)12-20-7-9-24-10-8-20/h1,3-4,11,15H,2,5-10,12H2,(H2,18,22)(H,19,23). The van der Waals surface area contributed by atoms with Gasteiger partial charge in [0.2, 0.25) is 5.91 Å². The maximum Gasteiger partial charge on any atom is 0.322 e. The molecule has 2 saturated heterocycles. The van der Waals surface area contributed by atoms with Crippen molar-refractivity contribution < 1.29 is 14.3 Å². The zero-order chi connectivity index (χ0) is 16.9. The summed E-state index contributed by atoms with van der Waals surface area (Å²) >= 11 is 0. The lowest BCUT2D eigenvalue weighted by Gasteiger charge is -2.32. The molecule has 0 aromatic heterocycles. The summed E-state index contributed by atoms with van der Waals surface area (Å²) in [5.41, 5.74) is 6.26. The van der Waals surface area contributed by atoms with E-state index < -0.39 is 5.91 Å². The number of nitrogens with zero attached hydrogens (tertiary/aromatic N) is 2. The number of likely N-dealkylation sites (tertiary alicyclic amines) is 1. The molecule has 130 valence electrons. The Morgan fingerprint density at radius 3 is 2.79 bits per heavy atom. The van der Waals surface area contributed by atoms with Crippen molar-refractivity contribution in [3.63, 3.8) is 0 Å². The van der Waals surface area contributed by atoms with Gasteiger partial charge in [0.15, 0.2) is 0 Å². The van der Waals surface area contributed by atoms with E-state index in [2.05, 4.69) is 10.2 Å². The van der Waals surface area contributed by atoms with E-state index in [0.29, 0.717) is 11.3 Å². The van der Waals surface area contributed by atoms with Gasteiger partial charge in [-0.05, 0) is 31.0 Å². The zero-order valence-corrected chi connectivity index (χ0v) is 13.7. The van der Waals surface area contributed by atoms with Crippen LogP contribution < -0.4 is 11.1 Å². The van der Waals surface area contributed by atoms with E-state index in [4.69, 9.17) is 10.5 Å². The molecule has 1 aromatic rings. The van der Waals surface area contributed by atoms with Gasteiger partial charge >= 0.3 is 6.03 Å². The van der Waals surface area contributed by atoms with Crippen LogP contribution in [0.1, 0.15) is 23.2 Å². The van der Waals surface area contributed by atoms with Gasteiger partial charge in [-0.1, -0.05) is 6.07 Å². The first-order chi connectivity index (χ1) is 11.6. The molecular weight excluding hydrogens is 308 g/mol. The molecule has 7 heteroatoms. The Kier molecular flexibility index (Phi) is 5.32. The third-order valence-corrected chi connectivity index (χ3v) is 4.61. The summed E-state index contributed by atoms with van der Waals surface area (Å²) in [6.45, 7) is 5.02. The largest absolute Gasteiger partial charge is 0.379 e. The van der Waals surface area contributed by atoms with Gasteiger partial charge in [0.05, 0.1) is 13.2 Å². The molecule has 0 radical (unpaired) electrons. The predicted molar refractivity (Wildman–Crippen MR) is 91.0 cm³/mol. The predicted octanol–water partition coefficient (Wildman–Crippen LogP) is 1.11. The van der Waals surface area contributed by atoms with Crippen molar-refractivity contribution in [2.75, 3.05) is 44.7 Å². The minimum absolute atomic E-state index is 0.118. The molecule has 3 N–H and O–H groups in total. The number of nitrogens with two attached hydrogens (primary N) is 1. The molecule has 2 fully saturated rings. The Labute approximate surface area is 141 Å². The molecule has 2 aliphatic rings. The van der Waals surface area contributed by atoms with Crippen LogP contribution in [0.2, 0.25) is 0 Å². The first kappa shape index (κ1) is 16.7. The number of rotatable bonds is 4. The fourth-order valence-corrected chi connectivity index (χ4v) is 3.32. The maximum atomic E-state index is 12.6. The van der Waals surface area contributed by atoms with Crippen molar-refractivity contribution in [2.45, 2.75) is 18.9 Å². The molecule has 0 spiro atoms. The van der Waals surface area contributed by atoms with Crippen LogP contribution in [-0.4, -0.2) is 67.2 Å². The molecule has 1 aromatic carbocycles. The van der Waals surface area contributed by atoms with E-state index in [9.17, 15) is 9.59 Å². The van der Waals surface area contributed by atoms with Crippen LogP contribution in [0.4, 0.5) is 10.5 Å². The van der Waals surface area contributed by atoms with Crippen LogP contribution in [-0.2, 0) is 4.74 Å². The van der Waals surface area contributed by atoms with Gasteiger partial charge in [-0.3, -0.25) is 9.69 Å². The molecule has 7 nitrogen and oxygen atoms in total. The topological polar surface area (TPSA) is 87.9 Å². The van der Waals surface area contributed by atoms with Crippen molar-refractivity contribution in [2.24, 2.45) is 5.73 Å². The van der Waals surface area contributed by atoms with Gasteiger partial charge < -0.3 is 20.7 Å². The highest BCUT2D eigenvalue weighted by Crippen LogP contribution is 2.21. The minimum Gasteiger partial charge on any atom is -0.379 e. The van der Waals surface area contributed by atoms with Gasteiger partial charge in [0.1, 0.15) is 0 Å². The number of hydrogen-bond acceptors (Lipinski definition) is 4. The summed E-state index contributed by atoms with van der Waals surface area (Å²) in [5.74, 6) is -0.502. The second-order valence-corrected chi connectivity index (χ2v) is 6.28. The summed E-state index contributed by atoms with van der Waals surface area (Å²) in [4.78, 5) is 28.1. The number of morpholine rings is 1. The number of primary amides is 1. The normalized spacial score (nSPS) is 21.7. The molecule has 1 unspecified atom stereocenters. The molecule has 24 heavy (non-hydrogen) atoms. The van der Waals surface area contributed by atoms with Crippen LogP contribution >= 0.6 is 0 Å². The van der Waals surface area contributed by atoms with Gasteiger partial charge in [-0.2, -0.15) is 0 Å². The number of carbonyl (C=O) groups excluding carboxylic acids is 2. The lowest BCUT2D eigenvalue weighted by molar-refractivity contribution is 0.0296. The van der Waals surface area contributed by atoms with E-state index in [0.717, 1.165) is 52.2 Å². The molecule has 1 atom stereocenters. The fourth-order valence-electron chi connectivity index (χ4n) is 3.32. The average Bonchev–Trinajstić information content (AvgIpc) is 3.04. The Hall–Kier alpha value is -2.12. The summed E-state index contributed by atoms with van der Waals surface area (Å²) < 4.78 is 5.38. The summed E-state index contributed by atoms with van der Waals surface area (Å²) in [5, 5.41) is 2.88. The van der Waals surface area contributed by atoms with Crippen molar-refractivity contribution in [1.29, 1.82) is 0 Å². The first-order valence-corrected chi connectivity index (χ1v) is 8.41. The lowest BCUT2D eigenvalue weighted by Crippen LogP contribution is -2.47. The van der Waals surface area contributed by atoms with Crippen molar-refractivity contribution in [3.05, 3.63) is 29.8 Å². The molecular formula is C17H24N4O3. The van der Waals surface area contributed by atoms with Crippen LogP contribution in [0.25, 0.3) is 0 Å². The lowest BCUT2D eigenvalue weighted by atomic mass is 10.2. The van der Waals surface area contributed by atoms with Crippen LogP contribution in [0.15, 0.2) is 24.3 Å². The van der Waals surface area contributed by atoms with E-state index in [1.54, 1.807) is 24.3 Å². The number of amides is 3. The summed E-state index contributed by atoms with van der Waals surface area (Å²) in [6.07, 6.45) is 2.04. The smallest absolute Gasteiger partial charge is 0.322 e. The van der Waals surface area contributed by atoms with E-state index in [1.807, 2.05) is 4.90 Å². The Morgan fingerprint density at radius 1 is 1.25 bits per heavy atom. The highest BCUT2D eigenvalue weighted by Gasteiger charge is 2.30. The molecule has 2 heterocycles. The van der Waals surface area contributed by atoms with E-state index in [-0.39, 0.29) is 12.1 Å². The van der Waals surface area contributed by atoms with Crippen molar-refractivity contribution >= 4 is 17.6 Å². The molecule has 3 amide bonds. The van der Waals surface area contributed by atoms with Crippen LogP contribution in [0.3, 0.4) is 0 Å². The van der Waals surface area contributed by atoms with Crippen molar-refractivity contribution in [3.8, 4) is 0 Å². The second-order valence-electron chi connectivity index (χ2n) is 6.28. The average molecular weight is 332 g/mol. The summed E-state index contributed by atoms with van der Waals surface area (Å²) in [6, 6.07) is 6.82. The Bertz CT molecular complexity index is 601. The highest BCUT2D eigenvalue weighted by molar-refractivity contribution is 5.96. The number of nitrogens with one attached hydrogen (secondary N) is 1. The van der Waals surface area contributed by atoms with Gasteiger partial charge in [-0.15, -0.1) is 0 Å². The molecule has 0 saturated carbocycles. The molecule has 2 aliphatic heterocycles. The van der Waals surface area contributed by atoms with Gasteiger partial charge in [-0.25, -0.2) is 4.79 Å². The van der Waals surface area contributed by atoms with E-state index >= 15 is 0 Å². The number of urea groups is 1. The third kappa shape index (κ3) is 4.04. The minimum atomic E-state index is -0.502. The number of ether oxygens (including phenoxy) is 1. The molecule has 0 bridgehead atoms. The van der Waals surface area contributed by atoms with Crippen LogP contribution in [0, 0.1) is 0 Å². The zero-order valence-electron chi connectivity index (χ0n) is 13.7. The SMILES string of the molecule is NC(=O)c1cccc(NC(=O)N2CCCC2CN2CCOCC2)c1. The Morgan fingerprint density at radius 2 is 2.04 bits per heavy atom. The van der Waals surface area contributed by atoms with Gasteiger partial charge in [0.25, 0.3) is 0 Å². The second kappa shape index (κ2) is 7.63. The van der Waals surface area contributed by atoms with Crippen molar-refractivity contribution in [1.82, 2.24) is 9.80 Å². The number of anilines is 1. The maximum absolute atomic E-state index is 12.6. The van der Waals surface area contributed by atoms with Gasteiger partial charge in [0, 0.05) is 43.5 Å². The summed E-state index contributed by atoms with van der Waals surface area (Å²) in [7, 11) is 0. The first-order valence-electron chi connectivity index (χ1n) is 8.41. The van der Waals surface area contributed by atoms with Crippen LogP contribution in [0.5, 0.6) is 0 Å².